The van der Waals surface area contributed by atoms with Crippen molar-refractivity contribution in [3.63, 3.8) is 0 Å². The maximum Gasteiger partial charge on any atom is 0.0794 e. The molecule has 0 bridgehead atoms. The number of benzene rings is 2. The Morgan fingerprint density at radius 1 is 0.900 bits per heavy atom. The number of halogens is 2. The summed E-state index contributed by atoms with van der Waals surface area (Å²) in [5, 5.41) is 11.0. The lowest BCUT2D eigenvalue weighted by Gasteiger charge is -2.42. The van der Waals surface area contributed by atoms with E-state index in [4.69, 9.17) is 23.2 Å². The predicted molar refractivity (Wildman–Crippen MR) is 82.3 cm³/mol. The van der Waals surface area contributed by atoms with Gasteiger partial charge >= 0.3 is 0 Å². The molecular formula is C16H15Cl2NO. The highest BCUT2D eigenvalue weighted by Gasteiger charge is 2.34. The van der Waals surface area contributed by atoms with E-state index in [0.29, 0.717) is 13.1 Å². The molecule has 0 amide bonds. The highest BCUT2D eigenvalue weighted by atomic mass is 35.5. The zero-order valence-electron chi connectivity index (χ0n) is 10.8. The summed E-state index contributed by atoms with van der Waals surface area (Å²) in [6, 6.07) is 15.6. The number of aliphatic hydroxyl groups is 1. The molecule has 2 nitrogen and oxygen atoms in total. The van der Waals surface area contributed by atoms with E-state index in [-0.39, 0.29) is 12.1 Å². The summed E-state index contributed by atoms with van der Waals surface area (Å²) in [7, 11) is 0. The van der Waals surface area contributed by atoms with Gasteiger partial charge in [0.15, 0.2) is 0 Å². The third-order valence-corrected chi connectivity index (χ3v) is 4.34. The Hall–Kier alpha value is -1.06. The molecule has 1 aliphatic rings. The van der Waals surface area contributed by atoms with Crippen LogP contribution in [0, 0.1) is 0 Å². The number of rotatable bonds is 3. The van der Waals surface area contributed by atoms with Gasteiger partial charge in [-0.3, -0.25) is 4.90 Å². The minimum absolute atomic E-state index is 0.0131. The van der Waals surface area contributed by atoms with E-state index in [0.717, 1.165) is 21.2 Å². The molecule has 3 rings (SSSR count). The maximum atomic E-state index is 9.59. The minimum atomic E-state index is -0.262. The zero-order valence-corrected chi connectivity index (χ0v) is 12.3. The first-order valence-electron chi connectivity index (χ1n) is 6.58. The van der Waals surface area contributed by atoms with Crippen molar-refractivity contribution in [2.24, 2.45) is 0 Å². The van der Waals surface area contributed by atoms with Gasteiger partial charge in [-0.15, -0.1) is 0 Å². The molecule has 0 aromatic heterocycles. The summed E-state index contributed by atoms with van der Waals surface area (Å²) in [4.78, 5) is 2.19. The van der Waals surface area contributed by atoms with Crippen LogP contribution in [0.25, 0.3) is 0 Å². The highest BCUT2D eigenvalue weighted by Crippen LogP contribution is 2.38. The van der Waals surface area contributed by atoms with Crippen molar-refractivity contribution in [2.45, 2.75) is 12.1 Å². The van der Waals surface area contributed by atoms with Crippen LogP contribution in [-0.2, 0) is 0 Å². The van der Waals surface area contributed by atoms with Crippen molar-refractivity contribution in [3.05, 3.63) is 69.7 Å². The van der Waals surface area contributed by atoms with Crippen LogP contribution in [0.15, 0.2) is 48.5 Å². The van der Waals surface area contributed by atoms with Gasteiger partial charge in [0.05, 0.1) is 12.1 Å². The van der Waals surface area contributed by atoms with E-state index < -0.39 is 0 Å². The van der Waals surface area contributed by atoms with Crippen molar-refractivity contribution in [1.82, 2.24) is 4.90 Å². The predicted octanol–water partition coefficient (Wildman–Crippen LogP) is 3.76. The Morgan fingerprint density at radius 3 is 1.75 bits per heavy atom. The first-order chi connectivity index (χ1) is 9.66. The van der Waals surface area contributed by atoms with Gasteiger partial charge in [0, 0.05) is 23.1 Å². The molecule has 0 radical (unpaired) electrons. The molecule has 1 heterocycles. The number of nitrogens with zero attached hydrogens (tertiary/aromatic N) is 1. The molecule has 0 unspecified atom stereocenters. The molecule has 20 heavy (non-hydrogen) atoms. The first-order valence-corrected chi connectivity index (χ1v) is 7.33. The van der Waals surface area contributed by atoms with E-state index in [9.17, 15) is 5.11 Å². The average Bonchev–Trinajstić information content (AvgIpc) is 2.41. The van der Waals surface area contributed by atoms with E-state index in [1.165, 1.54) is 0 Å². The fourth-order valence-corrected chi connectivity index (χ4v) is 3.13. The van der Waals surface area contributed by atoms with Gasteiger partial charge < -0.3 is 5.11 Å². The summed E-state index contributed by atoms with van der Waals surface area (Å²) >= 11 is 12.7. The number of likely N-dealkylation sites (tertiary alicyclic amines) is 1. The third-order valence-electron chi connectivity index (χ3n) is 3.66. The Balaban J connectivity index is 2.05. The Labute approximate surface area is 128 Å². The van der Waals surface area contributed by atoms with Crippen molar-refractivity contribution < 1.29 is 5.11 Å². The van der Waals surface area contributed by atoms with Crippen LogP contribution in [0.1, 0.15) is 17.2 Å². The van der Waals surface area contributed by atoms with Crippen molar-refractivity contribution in [3.8, 4) is 0 Å². The van der Waals surface area contributed by atoms with E-state index in [2.05, 4.69) is 4.90 Å². The van der Waals surface area contributed by atoms with Crippen molar-refractivity contribution >= 4 is 23.2 Å². The van der Waals surface area contributed by atoms with Crippen LogP contribution >= 0.6 is 23.2 Å². The Bertz CT molecular complexity index is 565. The number of β-amino-alcohol motifs (C(OH)–C–C–N with tert-alkyl or cyclic N) is 1. The molecule has 0 spiro atoms. The molecule has 0 saturated carbocycles. The van der Waals surface area contributed by atoms with E-state index in [1.807, 2.05) is 48.5 Å². The fraction of sp³-hybridized carbons (Fsp3) is 0.250. The lowest BCUT2D eigenvalue weighted by molar-refractivity contribution is -0.0160. The lowest BCUT2D eigenvalue weighted by atomic mass is 9.93. The number of aliphatic hydroxyl groups excluding tert-OH is 1. The summed E-state index contributed by atoms with van der Waals surface area (Å²) in [5.74, 6) is 0. The zero-order chi connectivity index (χ0) is 14.1. The summed E-state index contributed by atoms with van der Waals surface area (Å²) in [6.45, 7) is 1.28. The van der Waals surface area contributed by atoms with Crippen molar-refractivity contribution in [1.29, 1.82) is 0 Å². The second-order valence-corrected chi connectivity index (χ2v) is 5.87. The second kappa shape index (κ2) is 5.74. The van der Waals surface area contributed by atoms with Crippen LogP contribution in [0.4, 0.5) is 0 Å². The minimum Gasteiger partial charge on any atom is -0.390 e. The van der Waals surface area contributed by atoms with Crippen LogP contribution in [0.3, 0.4) is 0 Å². The normalized spacial score (nSPS) is 16.4. The van der Waals surface area contributed by atoms with Gasteiger partial charge in [0.1, 0.15) is 0 Å². The monoisotopic (exact) mass is 307 g/mol. The van der Waals surface area contributed by atoms with Gasteiger partial charge in [-0.1, -0.05) is 59.6 Å². The third kappa shape index (κ3) is 2.57. The summed E-state index contributed by atoms with van der Waals surface area (Å²) < 4.78 is 0. The van der Waals surface area contributed by atoms with Gasteiger partial charge in [-0.05, 0) is 23.3 Å². The van der Waals surface area contributed by atoms with Crippen LogP contribution in [-0.4, -0.2) is 29.2 Å². The molecule has 2 aromatic rings. The van der Waals surface area contributed by atoms with Crippen LogP contribution in [0.2, 0.25) is 10.0 Å². The maximum absolute atomic E-state index is 9.59. The van der Waals surface area contributed by atoms with Gasteiger partial charge in [0.25, 0.3) is 0 Å². The molecule has 0 aliphatic carbocycles. The molecule has 1 N–H and O–H groups in total. The number of hydrogen-bond acceptors (Lipinski definition) is 2. The van der Waals surface area contributed by atoms with Crippen LogP contribution < -0.4 is 0 Å². The fourth-order valence-electron chi connectivity index (χ4n) is 2.65. The van der Waals surface area contributed by atoms with E-state index >= 15 is 0 Å². The molecule has 1 fully saturated rings. The standard InChI is InChI=1S/C16H15Cl2NO/c17-14-7-3-1-5-12(14)16(19-9-11(20)10-19)13-6-2-4-8-15(13)18/h1-8,11,16,20H,9-10H2. The topological polar surface area (TPSA) is 23.5 Å². The molecule has 1 saturated heterocycles. The highest BCUT2D eigenvalue weighted by molar-refractivity contribution is 6.32. The molecule has 4 heteroatoms. The summed E-state index contributed by atoms with van der Waals surface area (Å²) in [6.07, 6.45) is -0.262. The Kier molecular flexibility index (Phi) is 3.99. The Morgan fingerprint density at radius 2 is 1.35 bits per heavy atom. The molecule has 104 valence electrons. The van der Waals surface area contributed by atoms with Gasteiger partial charge in [0.2, 0.25) is 0 Å². The molecule has 1 aliphatic heterocycles. The largest absolute Gasteiger partial charge is 0.390 e. The molecule has 2 aromatic carbocycles. The molecule has 0 atom stereocenters. The SMILES string of the molecule is OC1CN(C(c2ccccc2Cl)c2ccccc2Cl)C1. The first kappa shape index (κ1) is 13.9. The summed E-state index contributed by atoms with van der Waals surface area (Å²) in [5.41, 5.74) is 2.04. The van der Waals surface area contributed by atoms with Crippen LogP contribution in [0.5, 0.6) is 0 Å². The molecular weight excluding hydrogens is 293 g/mol. The number of hydrogen-bond donors (Lipinski definition) is 1. The quantitative estimate of drug-likeness (QED) is 0.933. The lowest BCUT2D eigenvalue weighted by Crippen LogP contribution is -2.52. The average molecular weight is 308 g/mol. The second-order valence-electron chi connectivity index (χ2n) is 5.05. The smallest absolute Gasteiger partial charge is 0.0794 e. The van der Waals surface area contributed by atoms with E-state index in [1.54, 1.807) is 0 Å². The van der Waals surface area contributed by atoms with Crippen molar-refractivity contribution in [2.75, 3.05) is 13.1 Å². The van der Waals surface area contributed by atoms with Gasteiger partial charge in [-0.25, -0.2) is 0 Å². The van der Waals surface area contributed by atoms with Gasteiger partial charge in [-0.2, -0.15) is 0 Å².